The summed E-state index contributed by atoms with van der Waals surface area (Å²) < 4.78 is 5.48. The van der Waals surface area contributed by atoms with Gasteiger partial charge in [0.05, 0.1) is 6.20 Å². The van der Waals surface area contributed by atoms with E-state index in [4.69, 9.17) is 4.52 Å². The molecule has 1 fully saturated rings. The number of aromatic nitrogens is 4. The third-order valence-electron chi connectivity index (χ3n) is 4.30. The van der Waals surface area contributed by atoms with Crippen LogP contribution in [0.3, 0.4) is 0 Å². The molecule has 0 saturated carbocycles. The second kappa shape index (κ2) is 6.80. The van der Waals surface area contributed by atoms with Crippen molar-refractivity contribution in [2.75, 3.05) is 6.54 Å². The number of likely N-dealkylation sites (tertiary alicyclic amines) is 1. The van der Waals surface area contributed by atoms with E-state index in [0.29, 0.717) is 24.0 Å². The molecular formula is C18H17N5O2. The SMILES string of the molecule is O=C(c1cnccn1)N1CCCC[C@@H]1c1nc(-c2ccccc2)no1. The first-order chi connectivity index (χ1) is 12.3. The number of carbonyl (C=O) groups is 1. The molecule has 4 rings (SSSR count). The summed E-state index contributed by atoms with van der Waals surface area (Å²) in [5.41, 5.74) is 1.22. The number of amides is 1. The second-order valence-corrected chi connectivity index (χ2v) is 5.92. The average Bonchev–Trinajstić information content (AvgIpc) is 3.19. The Morgan fingerprint density at radius 2 is 2.04 bits per heavy atom. The van der Waals surface area contributed by atoms with Gasteiger partial charge in [0.25, 0.3) is 5.91 Å². The predicted octanol–water partition coefficient (Wildman–Crippen LogP) is 2.89. The molecule has 1 aliphatic heterocycles. The number of carbonyl (C=O) groups excluding carboxylic acids is 1. The molecule has 1 saturated heterocycles. The lowest BCUT2D eigenvalue weighted by atomic mass is 10.0. The van der Waals surface area contributed by atoms with E-state index in [0.717, 1.165) is 24.8 Å². The first kappa shape index (κ1) is 15.4. The Kier molecular flexibility index (Phi) is 4.20. The summed E-state index contributed by atoms with van der Waals surface area (Å²) in [4.78, 5) is 27.2. The Bertz CT molecular complexity index is 850. The van der Waals surface area contributed by atoms with Crippen molar-refractivity contribution in [3.8, 4) is 11.4 Å². The number of piperidine rings is 1. The Morgan fingerprint density at radius 3 is 2.84 bits per heavy atom. The molecule has 0 N–H and O–H groups in total. The van der Waals surface area contributed by atoms with Gasteiger partial charge >= 0.3 is 0 Å². The minimum Gasteiger partial charge on any atom is -0.337 e. The van der Waals surface area contributed by atoms with E-state index >= 15 is 0 Å². The van der Waals surface area contributed by atoms with Crippen LogP contribution in [-0.4, -0.2) is 37.5 Å². The molecule has 0 unspecified atom stereocenters. The summed E-state index contributed by atoms with van der Waals surface area (Å²) in [6.45, 7) is 0.642. The maximum atomic E-state index is 12.8. The minimum atomic E-state index is -0.229. The summed E-state index contributed by atoms with van der Waals surface area (Å²) in [6, 6.07) is 9.42. The highest BCUT2D eigenvalue weighted by molar-refractivity contribution is 5.92. The minimum absolute atomic E-state index is 0.155. The molecule has 0 spiro atoms. The molecule has 0 radical (unpaired) electrons. The Balaban J connectivity index is 1.62. The second-order valence-electron chi connectivity index (χ2n) is 5.92. The number of nitrogens with zero attached hydrogens (tertiary/aromatic N) is 5. The van der Waals surface area contributed by atoms with Crippen LogP contribution in [0.5, 0.6) is 0 Å². The van der Waals surface area contributed by atoms with Crippen molar-refractivity contribution in [1.82, 2.24) is 25.0 Å². The van der Waals surface area contributed by atoms with Crippen LogP contribution in [0.4, 0.5) is 0 Å². The van der Waals surface area contributed by atoms with Crippen molar-refractivity contribution in [2.24, 2.45) is 0 Å². The van der Waals surface area contributed by atoms with Gasteiger partial charge in [-0.25, -0.2) is 4.98 Å². The maximum Gasteiger partial charge on any atom is 0.274 e. The van der Waals surface area contributed by atoms with Gasteiger partial charge in [0, 0.05) is 24.5 Å². The van der Waals surface area contributed by atoms with E-state index in [1.54, 1.807) is 11.1 Å². The summed E-state index contributed by atoms with van der Waals surface area (Å²) in [5, 5.41) is 4.08. The zero-order valence-electron chi connectivity index (χ0n) is 13.6. The molecule has 3 heterocycles. The van der Waals surface area contributed by atoms with E-state index < -0.39 is 0 Å². The van der Waals surface area contributed by atoms with Gasteiger partial charge in [-0.05, 0) is 19.3 Å². The molecule has 25 heavy (non-hydrogen) atoms. The molecule has 7 heteroatoms. The molecular weight excluding hydrogens is 318 g/mol. The maximum absolute atomic E-state index is 12.8. The highest BCUT2D eigenvalue weighted by Gasteiger charge is 2.33. The molecule has 0 bridgehead atoms. The summed E-state index contributed by atoms with van der Waals surface area (Å²) in [7, 11) is 0. The Hall–Kier alpha value is -3.09. The van der Waals surface area contributed by atoms with Gasteiger partial charge in [0.1, 0.15) is 11.7 Å². The van der Waals surface area contributed by atoms with Crippen molar-refractivity contribution < 1.29 is 9.32 Å². The Labute approximate surface area is 144 Å². The predicted molar refractivity (Wildman–Crippen MR) is 89.4 cm³/mol. The molecule has 1 atom stereocenters. The van der Waals surface area contributed by atoms with Gasteiger partial charge in [-0.2, -0.15) is 4.98 Å². The van der Waals surface area contributed by atoms with Crippen molar-refractivity contribution in [1.29, 1.82) is 0 Å². The fourth-order valence-electron chi connectivity index (χ4n) is 3.06. The monoisotopic (exact) mass is 335 g/mol. The van der Waals surface area contributed by atoms with E-state index in [1.165, 1.54) is 12.4 Å². The molecule has 1 aliphatic rings. The van der Waals surface area contributed by atoms with Gasteiger partial charge in [-0.15, -0.1) is 0 Å². The van der Waals surface area contributed by atoms with E-state index in [-0.39, 0.29) is 11.9 Å². The zero-order chi connectivity index (χ0) is 17.1. The summed E-state index contributed by atoms with van der Waals surface area (Å²) in [5.74, 6) is 0.848. The van der Waals surface area contributed by atoms with Crippen LogP contribution < -0.4 is 0 Å². The first-order valence-corrected chi connectivity index (χ1v) is 8.29. The standard InChI is InChI=1S/C18H17N5O2/c24-18(14-12-19-9-10-20-14)23-11-5-4-8-15(23)17-21-16(22-25-17)13-6-2-1-3-7-13/h1-3,6-7,9-10,12,15H,4-5,8,11H2/t15-/m1/s1. The number of hydrogen-bond acceptors (Lipinski definition) is 6. The lowest BCUT2D eigenvalue weighted by molar-refractivity contribution is 0.0555. The lowest BCUT2D eigenvalue weighted by Crippen LogP contribution is -2.39. The highest BCUT2D eigenvalue weighted by atomic mass is 16.5. The van der Waals surface area contributed by atoms with Crippen LogP contribution in [0, 0.1) is 0 Å². The van der Waals surface area contributed by atoms with Crippen molar-refractivity contribution in [2.45, 2.75) is 25.3 Å². The topological polar surface area (TPSA) is 85.0 Å². The number of benzene rings is 1. The largest absolute Gasteiger partial charge is 0.337 e. The van der Waals surface area contributed by atoms with E-state index in [2.05, 4.69) is 20.1 Å². The van der Waals surface area contributed by atoms with Crippen LogP contribution >= 0.6 is 0 Å². The summed E-state index contributed by atoms with van der Waals surface area (Å²) in [6.07, 6.45) is 7.31. The summed E-state index contributed by atoms with van der Waals surface area (Å²) >= 11 is 0. The molecule has 1 amide bonds. The van der Waals surface area contributed by atoms with Gasteiger partial charge in [-0.3, -0.25) is 9.78 Å². The third-order valence-corrected chi connectivity index (χ3v) is 4.30. The van der Waals surface area contributed by atoms with Gasteiger partial charge in [-0.1, -0.05) is 35.5 Å². The molecule has 2 aromatic heterocycles. The molecule has 1 aromatic carbocycles. The van der Waals surface area contributed by atoms with Crippen LogP contribution in [-0.2, 0) is 0 Å². The van der Waals surface area contributed by atoms with Crippen LogP contribution in [0.2, 0.25) is 0 Å². The van der Waals surface area contributed by atoms with Crippen molar-refractivity contribution in [3.63, 3.8) is 0 Å². The van der Waals surface area contributed by atoms with Crippen LogP contribution in [0.1, 0.15) is 41.7 Å². The molecule has 7 nitrogen and oxygen atoms in total. The smallest absolute Gasteiger partial charge is 0.274 e. The quantitative estimate of drug-likeness (QED) is 0.731. The highest BCUT2D eigenvalue weighted by Crippen LogP contribution is 2.32. The molecule has 126 valence electrons. The number of rotatable bonds is 3. The molecule has 3 aromatic rings. The third kappa shape index (κ3) is 3.13. The van der Waals surface area contributed by atoms with E-state index in [9.17, 15) is 4.79 Å². The van der Waals surface area contributed by atoms with Crippen LogP contribution in [0.15, 0.2) is 53.4 Å². The van der Waals surface area contributed by atoms with E-state index in [1.807, 2.05) is 30.3 Å². The van der Waals surface area contributed by atoms with Crippen molar-refractivity contribution >= 4 is 5.91 Å². The van der Waals surface area contributed by atoms with Crippen molar-refractivity contribution in [3.05, 3.63) is 60.5 Å². The molecule has 0 aliphatic carbocycles. The average molecular weight is 335 g/mol. The zero-order valence-corrected chi connectivity index (χ0v) is 13.6. The normalized spacial score (nSPS) is 17.4. The lowest BCUT2D eigenvalue weighted by Gasteiger charge is -2.33. The van der Waals surface area contributed by atoms with Crippen LogP contribution in [0.25, 0.3) is 11.4 Å². The van der Waals surface area contributed by atoms with Gasteiger partial charge < -0.3 is 9.42 Å². The number of hydrogen-bond donors (Lipinski definition) is 0. The Morgan fingerprint density at radius 1 is 1.16 bits per heavy atom. The first-order valence-electron chi connectivity index (χ1n) is 8.29. The van der Waals surface area contributed by atoms with Gasteiger partial charge in [0.15, 0.2) is 0 Å². The fraction of sp³-hybridized carbons (Fsp3) is 0.278. The van der Waals surface area contributed by atoms with Gasteiger partial charge in [0.2, 0.25) is 11.7 Å². The fourth-order valence-corrected chi connectivity index (χ4v) is 3.06.